The second-order valence-corrected chi connectivity index (χ2v) is 5.18. The molecular formula is C14H10BrFN2O. The molecule has 0 saturated carbocycles. The Bertz CT molecular complexity index is 660. The van der Waals surface area contributed by atoms with Crippen molar-refractivity contribution in [1.82, 2.24) is 5.32 Å². The van der Waals surface area contributed by atoms with Crippen molar-refractivity contribution in [1.29, 1.82) is 0 Å². The molecule has 0 spiro atoms. The van der Waals surface area contributed by atoms with Gasteiger partial charge in [-0.2, -0.15) is 0 Å². The van der Waals surface area contributed by atoms with Crippen molar-refractivity contribution in [2.45, 2.75) is 6.17 Å². The first-order valence-corrected chi connectivity index (χ1v) is 6.56. The molecule has 2 N–H and O–H groups in total. The largest absolute Gasteiger partial charge is 0.361 e. The van der Waals surface area contributed by atoms with E-state index in [-0.39, 0.29) is 11.7 Å². The van der Waals surface area contributed by atoms with Gasteiger partial charge in [0.15, 0.2) is 0 Å². The normalized spacial score (nSPS) is 17.4. The highest BCUT2D eigenvalue weighted by Gasteiger charge is 2.26. The van der Waals surface area contributed by atoms with Gasteiger partial charge >= 0.3 is 0 Å². The van der Waals surface area contributed by atoms with Gasteiger partial charge in [-0.3, -0.25) is 4.79 Å². The minimum absolute atomic E-state index is 0.210. The Balaban J connectivity index is 2.01. The van der Waals surface area contributed by atoms with Crippen molar-refractivity contribution < 1.29 is 9.18 Å². The Labute approximate surface area is 118 Å². The highest BCUT2D eigenvalue weighted by atomic mass is 79.9. The van der Waals surface area contributed by atoms with Crippen LogP contribution >= 0.6 is 15.9 Å². The number of halogens is 2. The third kappa shape index (κ3) is 2.21. The first-order valence-electron chi connectivity index (χ1n) is 5.76. The van der Waals surface area contributed by atoms with Crippen molar-refractivity contribution in [3.05, 3.63) is 63.9 Å². The van der Waals surface area contributed by atoms with Crippen LogP contribution in [-0.4, -0.2) is 5.91 Å². The summed E-state index contributed by atoms with van der Waals surface area (Å²) in [7, 11) is 0. The van der Waals surface area contributed by atoms with Gasteiger partial charge in [-0.1, -0.05) is 28.1 Å². The van der Waals surface area contributed by atoms with Gasteiger partial charge < -0.3 is 10.6 Å². The maximum absolute atomic E-state index is 13.8. The fourth-order valence-electron chi connectivity index (χ4n) is 2.10. The number of nitrogens with one attached hydrogen (secondary N) is 2. The predicted octanol–water partition coefficient (Wildman–Crippen LogP) is 3.44. The Kier molecular flexibility index (Phi) is 2.98. The summed E-state index contributed by atoms with van der Waals surface area (Å²) in [4.78, 5) is 12.0. The first-order chi connectivity index (χ1) is 9.15. The van der Waals surface area contributed by atoms with Gasteiger partial charge in [0, 0.05) is 15.7 Å². The summed E-state index contributed by atoms with van der Waals surface area (Å²) in [5, 5.41) is 5.86. The number of hydrogen-bond acceptors (Lipinski definition) is 2. The predicted molar refractivity (Wildman–Crippen MR) is 74.4 cm³/mol. The topological polar surface area (TPSA) is 41.1 Å². The van der Waals surface area contributed by atoms with E-state index in [1.54, 1.807) is 30.3 Å². The van der Waals surface area contributed by atoms with Crippen LogP contribution in [0.5, 0.6) is 0 Å². The summed E-state index contributed by atoms with van der Waals surface area (Å²) in [6.07, 6.45) is -0.570. The zero-order chi connectivity index (χ0) is 13.4. The minimum Gasteiger partial charge on any atom is -0.361 e. The maximum Gasteiger partial charge on any atom is 0.255 e. The van der Waals surface area contributed by atoms with Crippen LogP contribution in [0.3, 0.4) is 0 Å². The highest BCUT2D eigenvalue weighted by Crippen LogP contribution is 2.28. The van der Waals surface area contributed by atoms with Crippen molar-refractivity contribution >= 4 is 27.5 Å². The number of benzene rings is 2. The molecule has 2 aromatic rings. The van der Waals surface area contributed by atoms with Crippen LogP contribution in [0.15, 0.2) is 46.9 Å². The van der Waals surface area contributed by atoms with Crippen LogP contribution in [0.2, 0.25) is 0 Å². The molecule has 1 aliphatic rings. The Morgan fingerprint density at radius 2 is 1.89 bits per heavy atom. The summed E-state index contributed by atoms with van der Waals surface area (Å²) >= 11 is 3.30. The van der Waals surface area contributed by atoms with Gasteiger partial charge in [-0.15, -0.1) is 0 Å². The summed E-state index contributed by atoms with van der Waals surface area (Å²) in [6.45, 7) is 0. The molecule has 0 bridgehead atoms. The fourth-order valence-corrected chi connectivity index (χ4v) is 2.48. The van der Waals surface area contributed by atoms with Gasteiger partial charge in [0.25, 0.3) is 5.91 Å². The van der Waals surface area contributed by atoms with Crippen molar-refractivity contribution in [2.24, 2.45) is 0 Å². The summed E-state index contributed by atoms with van der Waals surface area (Å²) < 4.78 is 14.6. The van der Waals surface area contributed by atoms with Crippen molar-refractivity contribution in [2.75, 3.05) is 5.32 Å². The van der Waals surface area contributed by atoms with Gasteiger partial charge in [0.1, 0.15) is 12.0 Å². The number of fused-ring (bicyclic) bond motifs is 1. The summed E-state index contributed by atoms with van der Waals surface area (Å²) in [5.74, 6) is -0.570. The SMILES string of the molecule is O=C1NC(c2cc(Br)ccc2F)Nc2ccccc21. The number of para-hydroxylation sites is 1. The lowest BCUT2D eigenvalue weighted by Gasteiger charge is -2.28. The van der Waals surface area contributed by atoms with Gasteiger partial charge in [0.2, 0.25) is 0 Å². The molecule has 19 heavy (non-hydrogen) atoms. The minimum atomic E-state index is -0.570. The molecule has 1 heterocycles. The van der Waals surface area contributed by atoms with E-state index >= 15 is 0 Å². The number of carbonyl (C=O) groups excluding carboxylic acids is 1. The van der Waals surface area contributed by atoms with E-state index in [1.165, 1.54) is 6.07 Å². The number of carbonyl (C=O) groups is 1. The Hall–Kier alpha value is -1.88. The van der Waals surface area contributed by atoms with E-state index < -0.39 is 6.17 Å². The van der Waals surface area contributed by atoms with E-state index in [2.05, 4.69) is 26.6 Å². The van der Waals surface area contributed by atoms with Crippen molar-refractivity contribution in [3.8, 4) is 0 Å². The van der Waals surface area contributed by atoms with Gasteiger partial charge in [0.05, 0.1) is 5.56 Å². The van der Waals surface area contributed by atoms with E-state index in [9.17, 15) is 9.18 Å². The average Bonchev–Trinajstić information content (AvgIpc) is 2.41. The number of rotatable bonds is 1. The lowest BCUT2D eigenvalue weighted by Crippen LogP contribution is -2.38. The molecule has 5 heteroatoms. The third-order valence-electron chi connectivity index (χ3n) is 3.02. The molecule has 1 atom stereocenters. The first kappa shape index (κ1) is 12.2. The van der Waals surface area contributed by atoms with Gasteiger partial charge in [-0.05, 0) is 30.3 Å². The molecule has 96 valence electrons. The average molecular weight is 321 g/mol. The summed E-state index contributed by atoms with van der Waals surface area (Å²) in [6, 6.07) is 11.8. The second kappa shape index (κ2) is 4.66. The van der Waals surface area contributed by atoms with E-state index in [1.807, 2.05) is 6.07 Å². The van der Waals surface area contributed by atoms with Crippen LogP contribution in [0.1, 0.15) is 22.1 Å². The number of anilines is 1. The van der Waals surface area contributed by atoms with E-state index in [0.717, 1.165) is 4.47 Å². The highest BCUT2D eigenvalue weighted by molar-refractivity contribution is 9.10. The van der Waals surface area contributed by atoms with Crippen LogP contribution in [0.25, 0.3) is 0 Å². The standard InChI is InChI=1S/C14H10BrFN2O/c15-8-5-6-11(16)10(7-8)13-17-12-4-2-1-3-9(12)14(19)18-13/h1-7,13,17H,(H,18,19). The monoisotopic (exact) mass is 320 g/mol. The fraction of sp³-hybridized carbons (Fsp3) is 0.0714. The molecule has 0 aromatic heterocycles. The zero-order valence-electron chi connectivity index (χ0n) is 9.78. The smallest absolute Gasteiger partial charge is 0.255 e. The molecule has 0 fully saturated rings. The van der Waals surface area contributed by atoms with Gasteiger partial charge in [-0.25, -0.2) is 4.39 Å². The zero-order valence-corrected chi connectivity index (χ0v) is 11.4. The Morgan fingerprint density at radius 3 is 2.74 bits per heavy atom. The second-order valence-electron chi connectivity index (χ2n) is 4.26. The lowest BCUT2D eigenvalue weighted by atomic mass is 10.1. The summed E-state index contributed by atoms with van der Waals surface area (Å²) in [5.41, 5.74) is 1.67. The maximum atomic E-state index is 13.8. The number of amides is 1. The number of hydrogen-bond donors (Lipinski definition) is 2. The molecule has 0 radical (unpaired) electrons. The molecular weight excluding hydrogens is 311 g/mol. The molecule has 3 nitrogen and oxygen atoms in total. The lowest BCUT2D eigenvalue weighted by molar-refractivity contribution is 0.0935. The van der Waals surface area contributed by atoms with Crippen LogP contribution < -0.4 is 10.6 Å². The van der Waals surface area contributed by atoms with Crippen LogP contribution in [-0.2, 0) is 0 Å². The molecule has 0 aliphatic carbocycles. The Morgan fingerprint density at radius 1 is 1.11 bits per heavy atom. The molecule has 2 aromatic carbocycles. The molecule has 1 amide bonds. The molecule has 0 saturated heterocycles. The third-order valence-corrected chi connectivity index (χ3v) is 3.51. The van der Waals surface area contributed by atoms with E-state index in [0.29, 0.717) is 16.8 Å². The van der Waals surface area contributed by atoms with E-state index in [4.69, 9.17) is 0 Å². The quantitative estimate of drug-likeness (QED) is 0.845. The molecule has 1 aliphatic heterocycles. The molecule has 3 rings (SSSR count). The van der Waals surface area contributed by atoms with Crippen LogP contribution in [0, 0.1) is 5.82 Å². The van der Waals surface area contributed by atoms with Crippen molar-refractivity contribution in [3.63, 3.8) is 0 Å². The van der Waals surface area contributed by atoms with Crippen LogP contribution in [0.4, 0.5) is 10.1 Å². The molecule has 1 unspecified atom stereocenters.